The van der Waals surface area contributed by atoms with Crippen LogP contribution in [-0.2, 0) is 22.3 Å². The number of hydrogen-bond acceptors (Lipinski definition) is 4. The van der Waals surface area contributed by atoms with E-state index in [0.29, 0.717) is 13.1 Å². The van der Waals surface area contributed by atoms with Crippen LogP contribution >= 0.6 is 0 Å². The van der Waals surface area contributed by atoms with Crippen molar-refractivity contribution in [2.45, 2.75) is 38.7 Å². The summed E-state index contributed by atoms with van der Waals surface area (Å²) in [4.78, 5) is 31.5. The highest BCUT2D eigenvalue weighted by molar-refractivity contribution is 5.84. The fourth-order valence-corrected chi connectivity index (χ4v) is 3.58. The average molecular weight is 397 g/mol. The van der Waals surface area contributed by atoms with E-state index < -0.39 is 36.4 Å². The molecule has 1 fully saturated rings. The van der Waals surface area contributed by atoms with Crippen molar-refractivity contribution in [2.75, 3.05) is 19.6 Å². The lowest BCUT2D eigenvalue weighted by Gasteiger charge is -2.42. The molecule has 0 bridgehead atoms. The Bertz CT molecular complexity index is 893. The van der Waals surface area contributed by atoms with Crippen LogP contribution in [0.15, 0.2) is 24.3 Å². The normalized spacial score (nSPS) is 18.8. The van der Waals surface area contributed by atoms with Gasteiger partial charge < -0.3 is 15.2 Å². The molecule has 0 radical (unpaired) electrons. The zero-order valence-electron chi connectivity index (χ0n) is 15.6. The molecule has 1 aliphatic rings. The number of nitrogens with zero attached hydrogens (tertiary/aromatic N) is 4. The third-order valence-corrected chi connectivity index (χ3v) is 4.97. The molecule has 1 aromatic heterocycles. The number of aromatic nitrogens is 2. The first kappa shape index (κ1) is 20.1. The number of halogens is 3. The molecular formula is C18H22F3N5O2. The highest BCUT2D eigenvalue weighted by Crippen LogP contribution is 2.31. The van der Waals surface area contributed by atoms with Crippen LogP contribution in [0, 0.1) is 0 Å². The molecule has 2 heterocycles. The molecule has 1 atom stereocenters. The van der Waals surface area contributed by atoms with Gasteiger partial charge in [-0.1, -0.05) is 12.1 Å². The van der Waals surface area contributed by atoms with Gasteiger partial charge in [0.25, 0.3) is 0 Å². The number of imidazole rings is 1. The highest BCUT2D eigenvalue weighted by atomic mass is 19.4. The quantitative estimate of drug-likeness (QED) is 0.847. The van der Waals surface area contributed by atoms with Gasteiger partial charge in [0.05, 0.1) is 11.0 Å². The maximum Gasteiger partial charge on any atom is 0.449 e. The first-order valence-corrected chi connectivity index (χ1v) is 8.95. The van der Waals surface area contributed by atoms with E-state index in [-0.39, 0.29) is 23.6 Å². The molecule has 1 aromatic carbocycles. The van der Waals surface area contributed by atoms with Crippen LogP contribution < -0.4 is 5.73 Å². The zero-order chi connectivity index (χ0) is 20.6. The average Bonchev–Trinajstić information content (AvgIpc) is 3.00. The minimum Gasteiger partial charge on any atom is -0.368 e. The standard InChI is InChI=1S/C18H22F3N5O2/c1-11(2)25-8-7-24(9-14(25)16(22)28)15(27)10-26-13-6-4-3-5-12(13)23-17(26)18(19,20)21/h3-6,11,14H,7-10H2,1-2H3,(H2,22,28)/t14-/m0/s1. The topological polar surface area (TPSA) is 84.5 Å². The number of carbonyl (C=O) groups is 2. The van der Waals surface area contributed by atoms with Crippen molar-refractivity contribution in [3.05, 3.63) is 30.1 Å². The number of piperazine rings is 1. The SMILES string of the molecule is CC(C)N1CCN(C(=O)Cn2c(C(F)(F)F)nc3ccccc32)C[C@H]1C(N)=O. The van der Waals surface area contributed by atoms with Crippen LogP contribution in [0.4, 0.5) is 13.2 Å². The summed E-state index contributed by atoms with van der Waals surface area (Å²) in [5.41, 5.74) is 5.87. The van der Waals surface area contributed by atoms with Crippen molar-refractivity contribution >= 4 is 22.8 Å². The Morgan fingerprint density at radius 1 is 1.25 bits per heavy atom. The van der Waals surface area contributed by atoms with E-state index in [4.69, 9.17) is 5.73 Å². The Morgan fingerprint density at radius 3 is 2.54 bits per heavy atom. The number of primary amides is 1. The van der Waals surface area contributed by atoms with Gasteiger partial charge >= 0.3 is 6.18 Å². The molecule has 10 heteroatoms. The maximum atomic E-state index is 13.4. The van der Waals surface area contributed by atoms with Crippen LogP contribution in [0.25, 0.3) is 11.0 Å². The minimum atomic E-state index is -4.69. The monoisotopic (exact) mass is 397 g/mol. The second-order valence-electron chi connectivity index (χ2n) is 7.10. The van der Waals surface area contributed by atoms with Crippen molar-refractivity contribution in [3.63, 3.8) is 0 Å². The predicted octanol–water partition coefficient (Wildman–Crippen LogP) is 1.46. The van der Waals surface area contributed by atoms with Crippen molar-refractivity contribution in [1.29, 1.82) is 0 Å². The summed E-state index contributed by atoms with van der Waals surface area (Å²) >= 11 is 0. The van der Waals surface area contributed by atoms with E-state index in [2.05, 4.69) is 4.98 Å². The summed E-state index contributed by atoms with van der Waals surface area (Å²) in [5, 5.41) is 0. The van der Waals surface area contributed by atoms with Gasteiger partial charge in [-0.3, -0.25) is 14.5 Å². The largest absolute Gasteiger partial charge is 0.449 e. The van der Waals surface area contributed by atoms with Crippen molar-refractivity contribution in [3.8, 4) is 0 Å². The number of carbonyl (C=O) groups excluding carboxylic acids is 2. The minimum absolute atomic E-state index is 0.0559. The van der Waals surface area contributed by atoms with Gasteiger partial charge in [-0.25, -0.2) is 4.98 Å². The number of hydrogen-bond donors (Lipinski definition) is 1. The number of fused-ring (bicyclic) bond motifs is 1. The second kappa shape index (κ2) is 7.42. The summed E-state index contributed by atoms with van der Waals surface area (Å²) in [6, 6.07) is 5.53. The number of alkyl halides is 3. The number of para-hydroxylation sites is 2. The molecule has 0 aliphatic carbocycles. The lowest BCUT2D eigenvalue weighted by atomic mass is 10.1. The molecule has 7 nitrogen and oxygen atoms in total. The molecule has 152 valence electrons. The first-order valence-electron chi connectivity index (χ1n) is 8.95. The van der Waals surface area contributed by atoms with Crippen molar-refractivity contribution < 1.29 is 22.8 Å². The van der Waals surface area contributed by atoms with Crippen LogP contribution in [0.5, 0.6) is 0 Å². The van der Waals surface area contributed by atoms with Gasteiger partial charge in [0, 0.05) is 25.7 Å². The van der Waals surface area contributed by atoms with Crippen LogP contribution in [-0.4, -0.2) is 62.9 Å². The molecule has 0 spiro atoms. The number of amides is 2. The number of nitrogens with two attached hydrogens (primary N) is 1. The fraction of sp³-hybridized carbons (Fsp3) is 0.500. The Labute approximate surface area is 159 Å². The van der Waals surface area contributed by atoms with E-state index in [1.54, 1.807) is 12.1 Å². The van der Waals surface area contributed by atoms with E-state index >= 15 is 0 Å². The fourth-order valence-electron chi connectivity index (χ4n) is 3.58. The van der Waals surface area contributed by atoms with E-state index in [1.165, 1.54) is 17.0 Å². The smallest absolute Gasteiger partial charge is 0.368 e. The molecule has 2 aromatic rings. The van der Waals surface area contributed by atoms with Crippen molar-refractivity contribution in [2.24, 2.45) is 5.73 Å². The summed E-state index contributed by atoms with van der Waals surface area (Å²) in [6.07, 6.45) is -4.69. The van der Waals surface area contributed by atoms with E-state index in [0.717, 1.165) is 4.57 Å². The Kier molecular flexibility index (Phi) is 5.33. The second-order valence-corrected chi connectivity index (χ2v) is 7.10. The first-order chi connectivity index (χ1) is 13.1. The molecule has 3 rings (SSSR count). The van der Waals surface area contributed by atoms with Gasteiger partial charge in [-0.2, -0.15) is 13.2 Å². The molecule has 0 unspecified atom stereocenters. The molecule has 2 N–H and O–H groups in total. The molecule has 1 aliphatic heterocycles. The third-order valence-electron chi connectivity index (χ3n) is 4.97. The maximum absolute atomic E-state index is 13.4. The highest BCUT2D eigenvalue weighted by Gasteiger charge is 2.39. The van der Waals surface area contributed by atoms with E-state index in [9.17, 15) is 22.8 Å². The molecule has 2 amide bonds. The molecule has 0 saturated carbocycles. The lowest BCUT2D eigenvalue weighted by Crippen LogP contribution is -2.61. The van der Waals surface area contributed by atoms with Crippen molar-refractivity contribution in [1.82, 2.24) is 19.4 Å². The van der Waals surface area contributed by atoms with E-state index in [1.807, 2.05) is 18.7 Å². The van der Waals surface area contributed by atoms with Gasteiger partial charge in [0.1, 0.15) is 12.6 Å². The Balaban J connectivity index is 1.87. The Hall–Kier alpha value is -2.62. The number of rotatable bonds is 4. The van der Waals surface area contributed by atoms with Gasteiger partial charge in [-0.05, 0) is 26.0 Å². The lowest BCUT2D eigenvalue weighted by molar-refractivity contribution is -0.148. The number of benzene rings is 1. The summed E-state index contributed by atoms with van der Waals surface area (Å²) in [7, 11) is 0. The molecule has 28 heavy (non-hydrogen) atoms. The Morgan fingerprint density at radius 2 is 1.93 bits per heavy atom. The third kappa shape index (κ3) is 3.82. The van der Waals surface area contributed by atoms with Crippen LogP contribution in [0.3, 0.4) is 0 Å². The van der Waals surface area contributed by atoms with Crippen LogP contribution in [0.2, 0.25) is 0 Å². The van der Waals surface area contributed by atoms with Gasteiger partial charge in [-0.15, -0.1) is 0 Å². The van der Waals surface area contributed by atoms with Gasteiger partial charge in [0.2, 0.25) is 17.6 Å². The zero-order valence-corrected chi connectivity index (χ0v) is 15.6. The summed E-state index contributed by atoms with van der Waals surface area (Å²) in [6.45, 7) is 4.12. The summed E-state index contributed by atoms with van der Waals surface area (Å²) in [5.74, 6) is -2.19. The summed E-state index contributed by atoms with van der Waals surface area (Å²) < 4.78 is 41.1. The molecule has 1 saturated heterocycles. The van der Waals surface area contributed by atoms with Crippen LogP contribution in [0.1, 0.15) is 19.7 Å². The van der Waals surface area contributed by atoms with Gasteiger partial charge in [0.15, 0.2) is 0 Å². The molecular weight excluding hydrogens is 375 g/mol. The predicted molar refractivity (Wildman–Crippen MR) is 96.1 cm³/mol.